The summed E-state index contributed by atoms with van der Waals surface area (Å²) < 4.78 is 5.19. The summed E-state index contributed by atoms with van der Waals surface area (Å²) in [5, 5.41) is 3.51. The zero-order chi connectivity index (χ0) is 21.3. The number of hydrogen-bond donors (Lipinski definition) is 1. The van der Waals surface area contributed by atoms with E-state index >= 15 is 0 Å². The van der Waals surface area contributed by atoms with Gasteiger partial charge in [0.05, 0.1) is 23.4 Å². The number of nitrogens with zero attached hydrogens (tertiary/aromatic N) is 1. The van der Waals surface area contributed by atoms with Crippen LogP contribution in [0.4, 0.5) is 11.4 Å². The highest BCUT2D eigenvalue weighted by Gasteiger charge is 2.40. The number of methoxy groups -OCH3 is 1. The maximum Gasteiger partial charge on any atom is 0.282 e. The van der Waals surface area contributed by atoms with Crippen LogP contribution in [0.1, 0.15) is 11.1 Å². The summed E-state index contributed by atoms with van der Waals surface area (Å²) in [5.41, 5.74) is 3.16. The molecular formula is C24H19ClN2O3. The third-order valence-corrected chi connectivity index (χ3v) is 5.22. The number of imide groups is 1. The van der Waals surface area contributed by atoms with E-state index < -0.39 is 5.91 Å². The molecule has 0 unspecified atom stereocenters. The topological polar surface area (TPSA) is 58.6 Å². The second-order valence-corrected chi connectivity index (χ2v) is 7.23. The molecule has 0 aliphatic carbocycles. The molecule has 0 spiro atoms. The highest BCUT2D eigenvalue weighted by atomic mass is 35.5. The average Bonchev–Trinajstić information content (AvgIpc) is 2.99. The molecule has 0 fully saturated rings. The Labute approximate surface area is 179 Å². The number of hydrogen-bond acceptors (Lipinski definition) is 4. The quantitative estimate of drug-likeness (QED) is 0.589. The molecule has 0 bridgehead atoms. The van der Waals surface area contributed by atoms with Gasteiger partial charge in [-0.05, 0) is 42.3 Å². The minimum atomic E-state index is -0.417. The lowest BCUT2D eigenvalue weighted by Gasteiger charge is -2.17. The third kappa shape index (κ3) is 3.44. The van der Waals surface area contributed by atoms with Crippen LogP contribution in [0.5, 0.6) is 5.75 Å². The smallest absolute Gasteiger partial charge is 0.282 e. The number of para-hydroxylation sites is 1. The molecule has 5 nitrogen and oxygen atoms in total. The molecule has 3 aromatic carbocycles. The van der Waals surface area contributed by atoms with Gasteiger partial charge in [-0.1, -0.05) is 60.1 Å². The molecular weight excluding hydrogens is 400 g/mol. The number of carbonyl (C=O) groups is 2. The Bertz CT molecular complexity index is 1170. The van der Waals surface area contributed by atoms with E-state index in [2.05, 4.69) is 5.32 Å². The van der Waals surface area contributed by atoms with E-state index in [1.165, 1.54) is 12.0 Å². The second-order valence-electron chi connectivity index (χ2n) is 6.82. The van der Waals surface area contributed by atoms with Gasteiger partial charge in [0.2, 0.25) is 0 Å². The molecule has 0 aromatic heterocycles. The van der Waals surface area contributed by atoms with Gasteiger partial charge in [-0.25, -0.2) is 4.90 Å². The maximum absolute atomic E-state index is 13.4. The van der Waals surface area contributed by atoms with Gasteiger partial charge in [-0.3, -0.25) is 9.59 Å². The van der Waals surface area contributed by atoms with E-state index in [4.69, 9.17) is 16.3 Å². The first-order valence-corrected chi connectivity index (χ1v) is 9.73. The first kappa shape index (κ1) is 19.7. The number of nitrogens with one attached hydrogen (secondary N) is 1. The Balaban J connectivity index is 1.82. The zero-order valence-electron chi connectivity index (χ0n) is 16.5. The van der Waals surface area contributed by atoms with Gasteiger partial charge >= 0.3 is 0 Å². The van der Waals surface area contributed by atoms with Crippen LogP contribution in [0, 0.1) is 6.92 Å². The SMILES string of the molecule is COc1ccc(NC2=C(c3ccccc3)C(=O)N(c3ccccc3C)C2=O)cc1Cl. The number of anilines is 2. The molecule has 0 radical (unpaired) electrons. The van der Waals surface area contributed by atoms with Crippen molar-refractivity contribution in [2.75, 3.05) is 17.3 Å². The molecule has 1 heterocycles. The van der Waals surface area contributed by atoms with Gasteiger partial charge < -0.3 is 10.1 Å². The summed E-state index contributed by atoms with van der Waals surface area (Å²) in [6.45, 7) is 1.87. The molecule has 2 amide bonds. The maximum atomic E-state index is 13.4. The Hall–Kier alpha value is -3.57. The summed E-state index contributed by atoms with van der Waals surface area (Å²) in [7, 11) is 1.53. The highest BCUT2D eigenvalue weighted by molar-refractivity contribution is 6.46. The van der Waals surface area contributed by atoms with E-state index in [9.17, 15) is 9.59 Å². The molecule has 1 aliphatic heterocycles. The van der Waals surface area contributed by atoms with Crippen molar-refractivity contribution in [2.24, 2.45) is 0 Å². The third-order valence-electron chi connectivity index (χ3n) is 4.92. The number of benzene rings is 3. The number of aryl methyl sites for hydroxylation is 1. The molecule has 150 valence electrons. The fourth-order valence-electron chi connectivity index (χ4n) is 3.44. The van der Waals surface area contributed by atoms with E-state index in [0.717, 1.165) is 5.56 Å². The molecule has 3 aromatic rings. The van der Waals surface area contributed by atoms with Crippen LogP contribution in [0.2, 0.25) is 5.02 Å². The summed E-state index contributed by atoms with van der Waals surface area (Å²) in [6.07, 6.45) is 0. The normalized spacial score (nSPS) is 13.8. The Kier molecular flexibility index (Phi) is 5.29. The van der Waals surface area contributed by atoms with Gasteiger partial charge in [0.1, 0.15) is 11.4 Å². The fourth-order valence-corrected chi connectivity index (χ4v) is 3.70. The molecule has 0 saturated carbocycles. The number of amides is 2. The van der Waals surface area contributed by atoms with Crippen LogP contribution in [-0.2, 0) is 9.59 Å². The summed E-state index contributed by atoms with van der Waals surface area (Å²) in [5.74, 6) is -0.266. The molecule has 0 atom stereocenters. The van der Waals surface area contributed by atoms with Crippen LogP contribution >= 0.6 is 11.6 Å². The molecule has 4 rings (SSSR count). The van der Waals surface area contributed by atoms with Crippen LogP contribution in [-0.4, -0.2) is 18.9 Å². The number of rotatable bonds is 5. The van der Waals surface area contributed by atoms with Crippen molar-refractivity contribution in [1.29, 1.82) is 0 Å². The molecule has 30 heavy (non-hydrogen) atoms. The van der Waals surface area contributed by atoms with Crippen molar-refractivity contribution in [3.8, 4) is 5.75 Å². The Morgan fingerprint density at radius 3 is 2.27 bits per heavy atom. The molecule has 6 heteroatoms. The van der Waals surface area contributed by atoms with Gasteiger partial charge in [0.25, 0.3) is 11.8 Å². The predicted molar refractivity (Wildman–Crippen MR) is 119 cm³/mol. The van der Waals surface area contributed by atoms with Crippen molar-refractivity contribution in [3.63, 3.8) is 0 Å². The Morgan fingerprint density at radius 2 is 1.60 bits per heavy atom. The second kappa shape index (κ2) is 8.05. The van der Waals surface area contributed by atoms with Crippen LogP contribution in [0.3, 0.4) is 0 Å². The summed E-state index contributed by atoms with van der Waals surface area (Å²) >= 11 is 6.24. The standard InChI is InChI=1S/C24H19ClN2O3/c1-15-8-6-7-11-19(15)27-23(28)21(16-9-4-3-5-10-16)22(24(27)29)26-17-12-13-20(30-2)18(25)14-17/h3-14,26H,1-2H3. The highest BCUT2D eigenvalue weighted by Crippen LogP contribution is 2.36. The van der Waals surface area contributed by atoms with Crippen molar-refractivity contribution >= 4 is 40.4 Å². The van der Waals surface area contributed by atoms with Crippen LogP contribution in [0.25, 0.3) is 5.57 Å². The zero-order valence-corrected chi connectivity index (χ0v) is 17.2. The van der Waals surface area contributed by atoms with Crippen molar-refractivity contribution in [2.45, 2.75) is 6.92 Å². The lowest BCUT2D eigenvalue weighted by Crippen LogP contribution is -2.33. The minimum absolute atomic E-state index is 0.204. The summed E-state index contributed by atoms with van der Waals surface area (Å²) in [4.78, 5) is 28.0. The fraction of sp³-hybridized carbons (Fsp3) is 0.0833. The van der Waals surface area contributed by atoms with Crippen molar-refractivity contribution in [3.05, 3.63) is 94.6 Å². The van der Waals surface area contributed by atoms with E-state index in [0.29, 0.717) is 33.3 Å². The van der Waals surface area contributed by atoms with Gasteiger partial charge in [0.15, 0.2) is 0 Å². The van der Waals surface area contributed by atoms with Gasteiger partial charge in [0, 0.05) is 5.69 Å². The first-order chi connectivity index (χ1) is 14.5. The van der Waals surface area contributed by atoms with Crippen molar-refractivity contribution < 1.29 is 14.3 Å². The van der Waals surface area contributed by atoms with E-state index in [1.807, 2.05) is 49.4 Å². The number of ether oxygens (including phenoxy) is 1. The summed E-state index contributed by atoms with van der Waals surface area (Å²) in [6, 6.07) is 21.6. The van der Waals surface area contributed by atoms with Crippen LogP contribution < -0.4 is 15.0 Å². The van der Waals surface area contributed by atoms with E-state index in [1.54, 1.807) is 30.3 Å². The monoisotopic (exact) mass is 418 g/mol. The van der Waals surface area contributed by atoms with E-state index in [-0.39, 0.29) is 11.6 Å². The first-order valence-electron chi connectivity index (χ1n) is 9.36. The van der Waals surface area contributed by atoms with Gasteiger partial charge in [-0.2, -0.15) is 0 Å². The largest absolute Gasteiger partial charge is 0.495 e. The minimum Gasteiger partial charge on any atom is -0.495 e. The number of halogens is 1. The molecule has 1 aliphatic rings. The van der Waals surface area contributed by atoms with Gasteiger partial charge in [-0.15, -0.1) is 0 Å². The van der Waals surface area contributed by atoms with Crippen LogP contribution in [0.15, 0.2) is 78.5 Å². The molecule has 0 saturated heterocycles. The van der Waals surface area contributed by atoms with Crippen molar-refractivity contribution in [1.82, 2.24) is 0 Å². The lowest BCUT2D eigenvalue weighted by atomic mass is 10.0. The Morgan fingerprint density at radius 1 is 0.900 bits per heavy atom. The molecule has 1 N–H and O–H groups in total. The predicted octanol–water partition coefficient (Wildman–Crippen LogP) is 5.05. The number of carbonyl (C=O) groups excluding carboxylic acids is 2. The lowest BCUT2D eigenvalue weighted by molar-refractivity contribution is -0.120. The average molecular weight is 419 g/mol.